The molecule has 0 saturated carbocycles. The molecule has 20 heavy (non-hydrogen) atoms. The van der Waals surface area contributed by atoms with Gasteiger partial charge in [0.2, 0.25) is 0 Å². The second-order valence-electron chi connectivity index (χ2n) is 6.00. The molecule has 1 atom stereocenters. The minimum Gasteiger partial charge on any atom is -0.378 e. The van der Waals surface area contributed by atoms with Crippen LogP contribution in [0.15, 0.2) is 24.3 Å². The molecule has 0 bridgehead atoms. The number of rotatable bonds is 5. The van der Waals surface area contributed by atoms with Crippen LogP contribution in [0.5, 0.6) is 0 Å². The first kappa shape index (κ1) is 15.3. The number of benzene rings is 1. The van der Waals surface area contributed by atoms with Gasteiger partial charge in [-0.2, -0.15) is 0 Å². The molecule has 3 heteroatoms. The van der Waals surface area contributed by atoms with Gasteiger partial charge in [0.05, 0.1) is 0 Å². The highest BCUT2D eigenvalue weighted by molar-refractivity contribution is 5.45. The summed E-state index contributed by atoms with van der Waals surface area (Å²) in [5, 5.41) is 3.73. The SMILES string of the molecule is CCN1CCCC(NCc2ccc(N(C)C)cc2)CC1. The Morgan fingerprint density at radius 3 is 2.55 bits per heavy atom. The quantitative estimate of drug-likeness (QED) is 0.891. The third kappa shape index (κ3) is 4.50. The van der Waals surface area contributed by atoms with E-state index in [4.69, 9.17) is 0 Å². The molecular formula is C17H29N3. The predicted octanol–water partition coefficient (Wildman–Crippen LogP) is 2.72. The molecule has 0 spiro atoms. The van der Waals surface area contributed by atoms with Gasteiger partial charge in [-0.25, -0.2) is 0 Å². The minimum atomic E-state index is 0.681. The first-order valence-corrected chi connectivity index (χ1v) is 7.91. The molecule has 0 aromatic heterocycles. The second-order valence-corrected chi connectivity index (χ2v) is 6.00. The van der Waals surface area contributed by atoms with Crippen LogP contribution >= 0.6 is 0 Å². The Morgan fingerprint density at radius 2 is 1.90 bits per heavy atom. The van der Waals surface area contributed by atoms with E-state index >= 15 is 0 Å². The number of likely N-dealkylation sites (tertiary alicyclic amines) is 1. The normalized spacial score (nSPS) is 20.6. The molecule has 1 N–H and O–H groups in total. The molecule has 3 nitrogen and oxygen atoms in total. The summed E-state index contributed by atoms with van der Waals surface area (Å²) >= 11 is 0. The van der Waals surface area contributed by atoms with Crippen molar-refractivity contribution in [2.75, 3.05) is 38.6 Å². The second kappa shape index (κ2) is 7.65. The van der Waals surface area contributed by atoms with Crippen molar-refractivity contribution in [3.63, 3.8) is 0 Å². The third-order valence-corrected chi connectivity index (χ3v) is 4.32. The standard InChI is InChI=1S/C17H29N3/c1-4-20-12-5-6-16(11-13-20)18-14-15-7-9-17(10-8-15)19(2)3/h7-10,16,18H,4-6,11-14H2,1-3H3. The van der Waals surface area contributed by atoms with Crippen LogP contribution in [0.3, 0.4) is 0 Å². The fourth-order valence-electron chi connectivity index (χ4n) is 2.85. The zero-order valence-electron chi connectivity index (χ0n) is 13.2. The van der Waals surface area contributed by atoms with E-state index in [1.54, 1.807) is 0 Å². The average Bonchev–Trinajstić information content (AvgIpc) is 2.70. The van der Waals surface area contributed by atoms with Crippen LogP contribution in [0.25, 0.3) is 0 Å². The van der Waals surface area contributed by atoms with Gasteiger partial charge in [0.25, 0.3) is 0 Å². The van der Waals surface area contributed by atoms with Gasteiger partial charge in [-0.15, -0.1) is 0 Å². The molecule has 1 unspecified atom stereocenters. The lowest BCUT2D eigenvalue weighted by Crippen LogP contribution is -2.30. The van der Waals surface area contributed by atoms with Crippen molar-refractivity contribution in [1.82, 2.24) is 10.2 Å². The summed E-state index contributed by atoms with van der Waals surface area (Å²) in [5.74, 6) is 0. The van der Waals surface area contributed by atoms with Crippen molar-refractivity contribution in [3.05, 3.63) is 29.8 Å². The molecule has 2 rings (SSSR count). The molecule has 0 amide bonds. The Labute approximate surface area is 124 Å². The highest BCUT2D eigenvalue weighted by Crippen LogP contribution is 2.14. The first-order chi connectivity index (χ1) is 9.69. The number of anilines is 1. The zero-order chi connectivity index (χ0) is 14.4. The van der Waals surface area contributed by atoms with E-state index in [1.165, 1.54) is 50.1 Å². The number of hydrogen-bond acceptors (Lipinski definition) is 3. The van der Waals surface area contributed by atoms with Crippen molar-refractivity contribution < 1.29 is 0 Å². The Bertz CT molecular complexity index is 386. The van der Waals surface area contributed by atoms with Crippen LogP contribution in [0.1, 0.15) is 31.7 Å². The van der Waals surface area contributed by atoms with Crippen LogP contribution in [-0.2, 0) is 6.54 Å². The molecule has 112 valence electrons. The maximum atomic E-state index is 3.73. The summed E-state index contributed by atoms with van der Waals surface area (Å²) in [5.41, 5.74) is 2.65. The van der Waals surface area contributed by atoms with Crippen LogP contribution in [0.2, 0.25) is 0 Å². The molecule has 0 aliphatic carbocycles. The smallest absolute Gasteiger partial charge is 0.0361 e. The Hall–Kier alpha value is -1.06. The lowest BCUT2D eigenvalue weighted by molar-refractivity contribution is 0.297. The minimum absolute atomic E-state index is 0.681. The Morgan fingerprint density at radius 1 is 1.15 bits per heavy atom. The largest absolute Gasteiger partial charge is 0.378 e. The summed E-state index contributed by atoms with van der Waals surface area (Å²) in [6.07, 6.45) is 3.92. The molecule has 1 heterocycles. The lowest BCUT2D eigenvalue weighted by Gasteiger charge is -2.19. The molecule has 1 aromatic carbocycles. The fraction of sp³-hybridized carbons (Fsp3) is 0.647. The lowest BCUT2D eigenvalue weighted by atomic mass is 10.1. The number of hydrogen-bond donors (Lipinski definition) is 1. The van der Waals surface area contributed by atoms with E-state index < -0.39 is 0 Å². The number of nitrogens with zero attached hydrogens (tertiary/aromatic N) is 2. The van der Waals surface area contributed by atoms with Crippen LogP contribution < -0.4 is 10.2 Å². The van der Waals surface area contributed by atoms with Gasteiger partial charge in [-0.3, -0.25) is 0 Å². The van der Waals surface area contributed by atoms with E-state index in [-0.39, 0.29) is 0 Å². The van der Waals surface area contributed by atoms with Crippen molar-refractivity contribution in [3.8, 4) is 0 Å². The summed E-state index contributed by atoms with van der Waals surface area (Å²) in [4.78, 5) is 4.70. The van der Waals surface area contributed by atoms with Gasteiger partial charge in [-0.1, -0.05) is 19.1 Å². The monoisotopic (exact) mass is 275 g/mol. The number of nitrogens with one attached hydrogen (secondary N) is 1. The molecule has 1 saturated heterocycles. The Kier molecular flexibility index (Phi) is 5.86. The van der Waals surface area contributed by atoms with E-state index in [9.17, 15) is 0 Å². The average molecular weight is 275 g/mol. The van der Waals surface area contributed by atoms with Crippen LogP contribution in [-0.4, -0.2) is 44.7 Å². The van der Waals surface area contributed by atoms with E-state index in [2.05, 4.69) is 60.4 Å². The van der Waals surface area contributed by atoms with E-state index in [1.807, 2.05) is 0 Å². The van der Waals surface area contributed by atoms with Crippen molar-refractivity contribution in [1.29, 1.82) is 0 Å². The maximum absolute atomic E-state index is 3.73. The first-order valence-electron chi connectivity index (χ1n) is 7.91. The summed E-state index contributed by atoms with van der Waals surface area (Å²) in [7, 11) is 4.16. The van der Waals surface area contributed by atoms with Crippen molar-refractivity contribution in [2.24, 2.45) is 0 Å². The van der Waals surface area contributed by atoms with Crippen molar-refractivity contribution in [2.45, 2.75) is 38.8 Å². The van der Waals surface area contributed by atoms with E-state index in [0.29, 0.717) is 6.04 Å². The van der Waals surface area contributed by atoms with E-state index in [0.717, 1.165) is 6.54 Å². The summed E-state index contributed by atoms with van der Waals surface area (Å²) in [6, 6.07) is 9.54. The van der Waals surface area contributed by atoms with Crippen LogP contribution in [0, 0.1) is 0 Å². The van der Waals surface area contributed by atoms with Crippen LogP contribution in [0.4, 0.5) is 5.69 Å². The summed E-state index contributed by atoms with van der Waals surface area (Å²) in [6.45, 7) is 6.96. The molecule has 1 fully saturated rings. The molecule has 1 aromatic rings. The summed E-state index contributed by atoms with van der Waals surface area (Å²) < 4.78 is 0. The highest BCUT2D eigenvalue weighted by atomic mass is 15.1. The molecule has 1 aliphatic heterocycles. The third-order valence-electron chi connectivity index (χ3n) is 4.32. The molecule has 0 radical (unpaired) electrons. The molecular weight excluding hydrogens is 246 g/mol. The Balaban J connectivity index is 1.79. The van der Waals surface area contributed by atoms with Gasteiger partial charge in [0, 0.05) is 32.4 Å². The van der Waals surface area contributed by atoms with Gasteiger partial charge in [-0.05, 0) is 56.6 Å². The predicted molar refractivity (Wildman–Crippen MR) is 87.4 cm³/mol. The van der Waals surface area contributed by atoms with Gasteiger partial charge < -0.3 is 15.1 Å². The van der Waals surface area contributed by atoms with Gasteiger partial charge in [0.15, 0.2) is 0 Å². The van der Waals surface area contributed by atoms with Gasteiger partial charge >= 0.3 is 0 Å². The van der Waals surface area contributed by atoms with Gasteiger partial charge in [0.1, 0.15) is 0 Å². The maximum Gasteiger partial charge on any atom is 0.0361 e. The van der Waals surface area contributed by atoms with Crippen molar-refractivity contribution >= 4 is 5.69 Å². The highest BCUT2D eigenvalue weighted by Gasteiger charge is 2.15. The zero-order valence-corrected chi connectivity index (χ0v) is 13.2. The molecule has 1 aliphatic rings. The topological polar surface area (TPSA) is 18.5 Å². The fourth-order valence-corrected chi connectivity index (χ4v) is 2.85.